The van der Waals surface area contributed by atoms with Gasteiger partial charge in [-0.1, -0.05) is 59.3 Å². The van der Waals surface area contributed by atoms with Crippen molar-refractivity contribution in [3.05, 3.63) is 94.0 Å². The summed E-state index contributed by atoms with van der Waals surface area (Å²) in [6.45, 7) is 5.42. The molecule has 1 fully saturated rings. The summed E-state index contributed by atoms with van der Waals surface area (Å²) in [4.78, 5) is 33.7. The minimum atomic E-state index is -4.09. The third-order valence-corrected chi connectivity index (χ3v) is 10.5. The van der Waals surface area contributed by atoms with Gasteiger partial charge in [0.25, 0.3) is 0 Å². The number of para-hydroxylation sites is 1. The summed E-state index contributed by atoms with van der Waals surface area (Å²) in [5.41, 5.74) is 3.85. The monoisotopic (exact) mass is 577 g/mol. The molecule has 0 spiro atoms. The normalized spacial score (nSPS) is 20.8. The SMILES string of the molecule is Cc1cc(C)c(S(=O)(=O)N[C@@H]2c3cc4ccccc4nc3S[C@@H]3C(=O)N(c4ccc(Cl)cc4)C(=O)[C@@H]32)c(C)c1. The number of amides is 2. The lowest BCUT2D eigenvalue weighted by atomic mass is 9.91. The van der Waals surface area contributed by atoms with Gasteiger partial charge < -0.3 is 0 Å². The second-order valence-electron chi connectivity index (χ2n) is 9.95. The zero-order valence-electron chi connectivity index (χ0n) is 21.3. The first-order valence-electron chi connectivity index (χ1n) is 12.3. The highest BCUT2D eigenvalue weighted by molar-refractivity contribution is 8.00. The van der Waals surface area contributed by atoms with E-state index in [1.54, 1.807) is 38.1 Å². The van der Waals surface area contributed by atoms with Crippen molar-refractivity contribution in [1.82, 2.24) is 9.71 Å². The van der Waals surface area contributed by atoms with Gasteiger partial charge in [0.1, 0.15) is 10.3 Å². The number of thioether (sulfide) groups is 1. The maximum atomic E-state index is 13.9. The molecule has 0 unspecified atom stereocenters. The average molecular weight is 578 g/mol. The van der Waals surface area contributed by atoms with Gasteiger partial charge >= 0.3 is 0 Å². The summed E-state index contributed by atoms with van der Waals surface area (Å²) in [6.07, 6.45) is 0. The Kier molecular flexibility index (Phi) is 6.30. The molecule has 2 aliphatic rings. The number of nitrogens with one attached hydrogen (secondary N) is 1. The van der Waals surface area contributed by atoms with Gasteiger partial charge in [0.15, 0.2) is 0 Å². The van der Waals surface area contributed by atoms with Gasteiger partial charge in [0.05, 0.1) is 28.1 Å². The van der Waals surface area contributed by atoms with E-state index < -0.39 is 39.0 Å². The number of aromatic nitrogens is 1. The number of pyridine rings is 1. The summed E-state index contributed by atoms with van der Waals surface area (Å²) >= 11 is 7.24. The highest BCUT2D eigenvalue weighted by Gasteiger charge is 2.56. The maximum Gasteiger partial charge on any atom is 0.248 e. The van der Waals surface area contributed by atoms with Gasteiger partial charge in [0.2, 0.25) is 21.8 Å². The van der Waals surface area contributed by atoms with Crippen LogP contribution >= 0.6 is 23.4 Å². The van der Waals surface area contributed by atoms with Gasteiger partial charge in [-0.2, -0.15) is 0 Å². The quantitative estimate of drug-likeness (QED) is 0.322. The van der Waals surface area contributed by atoms with E-state index in [-0.39, 0.29) is 4.90 Å². The molecule has 1 aromatic heterocycles. The van der Waals surface area contributed by atoms with Crippen LogP contribution < -0.4 is 9.62 Å². The van der Waals surface area contributed by atoms with E-state index in [9.17, 15) is 18.0 Å². The van der Waals surface area contributed by atoms with E-state index in [0.717, 1.165) is 21.4 Å². The standard InChI is InChI=1S/C29H24ClN3O4S2/c1-15-12-16(2)26(17(3)13-15)39(36,37)32-24-21-14-18-6-4-5-7-22(18)31-27(21)38-25-23(24)28(34)33(29(25)35)20-10-8-19(30)9-11-20/h4-14,23-25,32H,1-3H3/t23-,24-,25+/m1/s1. The lowest BCUT2D eigenvalue weighted by Gasteiger charge is -2.32. The Morgan fingerprint density at radius 1 is 0.923 bits per heavy atom. The van der Waals surface area contributed by atoms with Crippen molar-refractivity contribution >= 4 is 61.8 Å². The van der Waals surface area contributed by atoms with Crippen molar-refractivity contribution in [2.75, 3.05) is 4.90 Å². The summed E-state index contributed by atoms with van der Waals surface area (Å²) < 4.78 is 30.7. The Bertz CT molecular complexity index is 1770. The Balaban J connectivity index is 1.51. The minimum absolute atomic E-state index is 0.171. The van der Waals surface area contributed by atoms with E-state index in [2.05, 4.69) is 4.72 Å². The molecule has 3 aromatic carbocycles. The van der Waals surface area contributed by atoms with Gasteiger partial charge in [-0.05, 0) is 68.3 Å². The van der Waals surface area contributed by atoms with Gasteiger partial charge in [-0.3, -0.25) is 9.59 Å². The molecular weight excluding hydrogens is 554 g/mol. The summed E-state index contributed by atoms with van der Waals surface area (Å²) in [5, 5.41) is 0.970. The fourth-order valence-electron chi connectivity index (χ4n) is 5.65. The number of halogens is 1. The van der Waals surface area contributed by atoms with Crippen LogP contribution in [0.4, 0.5) is 5.69 Å². The number of sulfonamides is 1. The van der Waals surface area contributed by atoms with Crippen LogP contribution in [0.1, 0.15) is 28.3 Å². The fourth-order valence-corrected chi connectivity index (χ4v) is 8.81. The maximum absolute atomic E-state index is 13.9. The van der Waals surface area contributed by atoms with Crippen LogP contribution in [0.5, 0.6) is 0 Å². The second kappa shape index (κ2) is 9.45. The van der Waals surface area contributed by atoms with E-state index in [0.29, 0.717) is 32.4 Å². The molecular formula is C29H24ClN3O4S2. The van der Waals surface area contributed by atoms with Crippen LogP contribution in [0.3, 0.4) is 0 Å². The number of rotatable bonds is 4. The molecule has 10 heteroatoms. The zero-order chi connectivity index (χ0) is 27.6. The molecule has 2 amide bonds. The van der Waals surface area contributed by atoms with E-state index in [1.165, 1.54) is 11.8 Å². The fraction of sp³-hybridized carbons (Fsp3) is 0.207. The first-order chi connectivity index (χ1) is 18.5. The van der Waals surface area contributed by atoms with Crippen molar-refractivity contribution in [2.24, 2.45) is 5.92 Å². The van der Waals surface area contributed by atoms with E-state index in [4.69, 9.17) is 16.6 Å². The predicted octanol–water partition coefficient (Wildman–Crippen LogP) is 5.50. The van der Waals surface area contributed by atoms with Crippen LogP contribution in [0.2, 0.25) is 5.02 Å². The smallest absolute Gasteiger partial charge is 0.248 e. The number of carbonyl (C=O) groups is 2. The third kappa shape index (κ3) is 4.34. The summed E-state index contributed by atoms with van der Waals surface area (Å²) in [5.74, 6) is -1.84. The molecule has 3 heterocycles. The molecule has 0 bridgehead atoms. The number of aryl methyl sites for hydroxylation is 3. The van der Waals surface area contributed by atoms with Gasteiger partial charge in [0, 0.05) is 16.0 Å². The molecule has 0 saturated carbocycles. The number of nitrogens with zero attached hydrogens (tertiary/aromatic N) is 2. The lowest BCUT2D eigenvalue weighted by Crippen LogP contribution is -2.42. The number of benzene rings is 3. The number of anilines is 1. The van der Waals surface area contributed by atoms with Crippen molar-refractivity contribution in [1.29, 1.82) is 0 Å². The molecule has 7 nitrogen and oxygen atoms in total. The van der Waals surface area contributed by atoms with Crippen molar-refractivity contribution in [3.8, 4) is 0 Å². The van der Waals surface area contributed by atoms with Crippen LogP contribution in [-0.4, -0.2) is 30.5 Å². The number of hydrogen-bond acceptors (Lipinski definition) is 6. The lowest BCUT2D eigenvalue weighted by molar-refractivity contribution is -0.122. The Morgan fingerprint density at radius 3 is 2.28 bits per heavy atom. The van der Waals surface area contributed by atoms with Crippen LogP contribution in [0.25, 0.3) is 10.9 Å². The van der Waals surface area contributed by atoms with E-state index >= 15 is 0 Å². The second-order valence-corrected chi connectivity index (χ2v) is 13.2. The number of imide groups is 1. The molecule has 0 radical (unpaired) electrons. The van der Waals surface area contributed by atoms with Crippen molar-refractivity contribution < 1.29 is 18.0 Å². The van der Waals surface area contributed by atoms with Crippen molar-refractivity contribution in [2.45, 2.75) is 42.0 Å². The largest absolute Gasteiger partial charge is 0.274 e. The molecule has 6 rings (SSSR count). The van der Waals surface area contributed by atoms with Crippen LogP contribution in [-0.2, 0) is 19.6 Å². The molecule has 4 aromatic rings. The number of hydrogen-bond donors (Lipinski definition) is 1. The zero-order valence-corrected chi connectivity index (χ0v) is 23.7. The molecule has 39 heavy (non-hydrogen) atoms. The van der Waals surface area contributed by atoms with Crippen LogP contribution in [0, 0.1) is 26.7 Å². The molecule has 3 atom stereocenters. The third-order valence-electron chi connectivity index (χ3n) is 7.19. The Labute approximate surface area is 235 Å². The molecule has 0 aliphatic carbocycles. The number of carbonyl (C=O) groups excluding carboxylic acids is 2. The minimum Gasteiger partial charge on any atom is -0.274 e. The van der Waals surface area contributed by atoms with Crippen LogP contribution in [0.15, 0.2) is 76.7 Å². The molecule has 198 valence electrons. The average Bonchev–Trinajstić information content (AvgIpc) is 3.11. The predicted molar refractivity (Wildman–Crippen MR) is 153 cm³/mol. The first kappa shape index (κ1) is 26.0. The topological polar surface area (TPSA) is 96.4 Å². The van der Waals surface area contributed by atoms with E-state index in [1.807, 2.05) is 49.4 Å². The molecule has 1 saturated heterocycles. The Hall–Kier alpha value is -3.24. The molecule has 1 N–H and O–H groups in total. The van der Waals surface area contributed by atoms with Gasteiger partial charge in [-0.25, -0.2) is 23.0 Å². The summed E-state index contributed by atoms with van der Waals surface area (Å²) in [7, 11) is -4.09. The van der Waals surface area contributed by atoms with Crippen molar-refractivity contribution in [3.63, 3.8) is 0 Å². The Morgan fingerprint density at radius 2 is 1.59 bits per heavy atom. The summed E-state index contributed by atoms with van der Waals surface area (Å²) in [6, 6.07) is 18.4. The highest BCUT2D eigenvalue weighted by Crippen LogP contribution is 2.50. The highest BCUT2D eigenvalue weighted by atomic mass is 35.5. The first-order valence-corrected chi connectivity index (χ1v) is 15.1. The van der Waals surface area contributed by atoms with Gasteiger partial charge in [-0.15, -0.1) is 0 Å². The molecule has 2 aliphatic heterocycles. The number of fused-ring (bicyclic) bond motifs is 3.